The highest BCUT2D eigenvalue weighted by Gasteiger charge is 2.74. The molecule has 1 rings (SSSR count). The lowest BCUT2D eigenvalue weighted by Gasteiger charge is -2.44. The molecule has 1 amide bonds. The van der Waals surface area contributed by atoms with E-state index < -0.39 is 46.9 Å². The molecule has 142 valence electrons. The van der Waals surface area contributed by atoms with Gasteiger partial charge in [0, 0.05) is 0 Å². The summed E-state index contributed by atoms with van der Waals surface area (Å²) >= 11 is 0. The number of nitrogens with zero attached hydrogens (tertiary/aromatic N) is 1. The number of carbonyl (C=O) groups is 1. The first-order chi connectivity index (χ1) is 11.2. The van der Waals surface area contributed by atoms with Crippen molar-refractivity contribution in [3.63, 3.8) is 0 Å². The lowest BCUT2D eigenvalue weighted by atomic mass is 9.89. The van der Waals surface area contributed by atoms with E-state index in [1.54, 1.807) is 13.8 Å². The maximum absolute atomic E-state index is 13.6. The van der Waals surface area contributed by atoms with E-state index in [-0.39, 0.29) is 5.56 Å². The first kappa shape index (κ1) is 21.1. The van der Waals surface area contributed by atoms with Gasteiger partial charge >= 0.3 is 18.4 Å². The highest BCUT2D eigenvalue weighted by Crippen LogP contribution is 2.51. The first-order valence-corrected chi connectivity index (χ1v) is 7.47. The lowest BCUT2D eigenvalue weighted by Crippen LogP contribution is -2.69. The lowest BCUT2D eigenvalue weighted by molar-refractivity contribution is -0.296. The Morgan fingerprint density at radius 2 is 1.60 bits per heavy atom. The molecule has 0 saturated carbocycles. The summed E-state index contributed by atoms with van der Waals surface area (Å²) in [7, 11) is 0. The molecule has 0 bridgehead atoms. The molecule has 0 saturated heterocycles. The van der Waals surface area contributed by atoms with E-state index in [0.29, 0.717) is 12.5 Å². The van der Waals surface area contributed by atoms with Crippen LogP contribution in [0, 0.1) is 6.92 Å². The van der Waals surface area contributed by atoms with Gasteiger partial charge in [-0.25, -0.2) is 4.79 Å². The first-order valence-electron chi connectivity index (χ1n) is 7.47. The molecule has 0 spiro atoms. The third-order valence-electron chi connectivity index (χ3n) is 4.07. The fourth-order valence-corrected chi connectivity index (χ4v) is 2.78. The predicted octanol–water partition coefficient (Wildman–Crippen LogP) is 5.88. The molecule has 0 aromatic heterocycles. The summed E-state index contributed by atoms with van der Waals surface area (Å²) in [4.78, 5) is 11.0. The fraction of sp³-hybridized carbons (Fsp3) is 0.562. The molecule has 0 fully saturated rings. The van der Waals surface area contributed by atoms with Gasteiger partial charge in [-0.05, 0) is 36.5 Å². The Balaban J connectivity index is 3.92. The summed E-state index contributed by atoms with van der Waals surface area (Å²) in [5.41, 5.74) is -4.72. The van der Waals surface area contributed by atoms with E-state index in [4.69, 9.17) is 0 Å². The van der Waals surface area contributed by atoms with Crippen LogP contribution < -0.4 is 4.90 Å². The second kappa shape index (κ2) is 6.76. The Morgan fingerprint density at radius 3 is 1.92 bits per heavy atom. The van der Waals surface area contributed by atoms with Crippen molar-refractivity contribution in [2.24, 2.45) is 0 Å². The van der Waals surface area contributed by atoms with Crippen molar-refractivity contribution in [3.05, 3.63) is 29.3 Å². The van der Waals surface area contributed by atoms with Crippen LogP contribution in [0.25, 0.3) is 0 Å². The molecular weight excluding hydrogens is 352 g/mol. The quantitative estimate of drug-likeness (QED) is 0.672. The zero-order chi connectivity index (χ0) is 19.8. The number of carboxylic acid groups (broad SMARTS) is 1. The second-order valence-electron chi connectivity index (χ2n) is 6.04. The van der Waals surface area contributed by atoms with Gasteiger partial charge in [0.2, 0.25) is 5.54 Å². The van der Waals surface area contributed by atoms with Crippen molar-refractivity contribution in [2.75, 3.05) is 4.90 Å². The Bertz CT molecular complexity index is 622. The molecule has 0 radical (unpaired) electrons. The Kier molecular flexibility index (Phi) is 5.71. The van der Waals surface area contributed by atoms with Crippen molar-refractivity contribution in [2.45, 2.75) is 57.9 Å². The summed E-state index contributed by atoms with van der Waals surface area (Å²) in [6.45, 7) is 5.25. The van der Waals surface area contributed by atoms with Gasteiger partial charge in [-0.1, -0.05) is 32.9 Å². The third-order valence-corrected chi connectivity index (χ3v) is 4.07. The van der Waals surface area contributed by atoms with Gasteiger partial charge in [0.1, 0.15) is 0 Å². The molecule has 9 heteroatoms. The Hall–Kier alpha value is -1.93. The van der Waals surface area contributed by atoms with Gasteiger partial charge in [-0.15, -0.1) is 0 Å². The monoisotopic (exact) mass is 371 g/mol. The molecule has 3 nitrogen and oxygen atoms in total. The molecule has 0 aliphatic heterocycles. The van der Waals surface area contributed by atoms with Crippen LogP contribution in [0.3, 0.4) is 0 Å². The molecule has 0 aliphatic rings. The topological polar surface area (TPSA) is 40.5 Å². The van der Waals surface area contributed by atoms with Crippen LogP contribution in [-0.2, 0) is 0 Å². The van der Waals surface area contributed by atoms with Gasteiger partial charge in [-0.2, -0.15) is 26.3 Å². The van der Waals surface area contributed by atoms with Gasteiger partial charge in [0.15, 0.2) is 0 Å². The van der Waals surface area contributed by atoms with Gasteiger partial charge in [0.25, 0.3) is 0 Å². The number of benzene rings is 1. The number of halogens is 6. The van der Waals surface area contributed by atoms with E-state index in [9.17, 15) is 36.2 Å². The molecule has 0 heterocycles. The van der Waals surface area contributed by atoms with Crippen LogP contribution in [0.5, 0.6) is 0 Å². The van der Waals surface area contributed by atoms with Crippen LogP contribution >= 0.6 is 0 Å². The van der Waals surface area contributed by atoms with E-state index in [2.05, 4.69) is 0 Å². The minimum absolute atomic E-state index is 0.0827. The van der Waals surface area contributed by atoms with Crippen LogP contribution in [-0.4, -0.2) is 29.1 Å². The smallest absolute Gasteiger partial charge is 0.421 e. The highest BCUT2D eigenvalue weighted by atomic mass is 19.4. The molecule has 25 heavy (non-hydrogen) atoms. The normalized spacial score (nSPS) is 13.2. The van der Waals surface area contributed by atoms with E-state index in [0.717, 1.165) is 6.07 Å². The van der Waals surface area contributed by atoms with Crippen molar-refractivity contribution < 1.29 is 36.2 Å². The number of alkyl halides is 6. The number of rotatable bonds is 4. The standard InChI is InChI=1S/C16H19F6NO2/c1-5-14(15(17,18)19,16(20,21)22)23(13(24)25)12-8-10(4)6-7-11(12)9(2)3/h6-9H,5H2,1-4H3,(H,24,25). The van der Waals surface area contributed by atoms with Gasteiger partial charge in [0.05, 0.1) is 5.69 Å². The van der Waals surface area contributed by atoms with Crippen molar-refractivity contribution >= 4 is 11.8 Å². The Labute approximate surface area is 141 Å². The fourth-order valence-electron chi connectivity index (χ4n) is 2.78. The molecule has 0 unspecified atom stereocenters. The van der Waals surface area contributed by atoms with Crippen LogP contribution in [0.4, 0.5) is 36.8 Å². The molecule has 1 aromatic rings. The van der Waals surface area contributed by atoms with Crippen LogP contribution in [0.15, 0.2) is 18.2 Å². The number of amides is 1. The minimum atomic E-state index is -5.85. The maximum atomic E-state index is 13.6. The average molecular weight is 371 g/mol. The molecule has 1 aromatic carbocycles. The number of aryl methyl sites for hydroxylation is 1. The van der Waals surface area contributed by atoms with Crippen molar-refractivity contribution in [3.8, 4) is 0 Å². The molecule has 1 N–H and O–H groups in total. The van der Waals surface area contributed by atoms with Crippen molar-refractivity contribution in [1.82, 2.24) is 0 Å². The highest BCUT2D eigenvalue weighted by molar-refractivity contribution is 5.90. The largest absolute Gasteiger partial charge is 0.465 e. The van der Waals surface area contributed by atoms with Gasteiger partial charge < -0.3 is 5.11 Å². The summed E-state index contributed by atoms with van der Waals surface area (Å²) in [6, 6.07) is 3.89. The SMILES string of the molecule is CCC(N(C(=O)O)c1cc(C)ccc1C(C)C)(C(F)(F)F)C(F)(F)F. The maximum Gasteiger partial charge on any atom is 0.421 e. The number of hydrogen-bond donors (Lipinski definition) is 1. The van der Waals surface area contributed by atoms with Gasteiger partial charge in [-0.3, -0.25) is 4.90 Å². The number of hydrogen-bond acceptors (Lipinski definition) is 1. The molecular formula is C16H19F6NO2. The predicted molar refractivity (Wildman–Crippen MR) is 80.9 cm³/mol. The van der Waals surface area contributed by atoms with Crippen molar-refractivity contribution in [1.29, 1.82) is 0 Å². The van der Waals surface area contributed by atoms with E-state index >= 15 is 0 Å². The minimum Gasteiger partial charge on any atom is -0.465 e. The molecule has 0 atom stereocenters. The second-order valence-corrected chi connectivity index (χ2v) is 6.04. The third kappa shape index (κ3) is 3.55. The Morgan fingerprint density at radius 1 is 1.12 bits per heavy atom. The van der Waals surface area contributed by atoms with E-state index in [1.807, 2.05) is 0 Å². The summed E-state index contributed by atoms with van der Waals surface area (Å²) in [5.74, 6) is -0.478. The zero-order valence-electron chi connectivity index (χ0n) is 14.1. The average Bonchev–Trinajstić information content (AvgIpc) is 2.40. The van der Waals surface area contributed by atoms with E-state index in [1.165, 1.54) is 19.1 Å². The summed E-state index contributed by atoms with van der Waals surface area (Å²) in [5, 5.41) is 9.34. The molecule has 0 aliphatic carbocycles. The number of anilines is 1. The van der Waals surface area contributed by atoms with Crippen LogP contribution in [0.1, 0.15) is 44.2 Å². The summed E-state index contributed by atoms with van der Waals surface area (Å²) in [6.07, 6.45) is -15.5. The zero-order valence-corrected chi connectivity index (χ0v) is 14.1. The summed E-state index contributed by atoms with van der Waals surface area (Å²) < 4.78 is 81.5. The van der Waals surface area contributed by atoms with Crippen LogP contribution in [0.2, 0.25) is 0 Å².